The molecule has 0 radical (unpaired) electrons. The Morgan fingerprint density at radius 1 is 1.00 bits per heavy atom. The van der Waals surface area contributed by atoms with Gasteiger partial charge < -0.3 is 10.1 Å². The first-order chi connectivity index (χ1) is 15.9. The van der Waals surface area contributed by atoms with Gasteiger partial charge in [0.15, 0.2) is 0 Å². The van der Waals surface area contributed by atoms with Crippen LogP contribution in [-0.4, -0.2) is 38.4 Å². The zero-order valence-corrected chi connectivity index (χ0v) is 20.1. The highest BCUT2D eigenvalue weighted by Crippen LogP contribution is 2.21. The minimum Gasteiger partial charge on any atom is -0.497 e. The van der Waals surface area contributed by atoms with E-state index in [1.807, 2.05) is 38.1 Å². The first-order valence-electron chi connectivity index (χ1n) is 10.7. The van der Waals surface area contributed by atoms with Gasteiger partial charge in [-0.15, -0.1) is 5.10 Å². The molecule has 0 saturated carbocycles. The van der Waals surface area contributed by atoms with Crippen LogP contribution in [0.4, 0.5) is 0 Å². The molecular weight excluding hydrogens is 434 g/mol. The second-order valence-electron chi connectivity index (χ2n) is 7.94. The maximum absolute atomic E-state index is 12.3. The highest BCUT2D eigenvalue weighted by Gasteiger charge is 2.15. The molecule has 0 atom stereocenters. The van der Waals surface area contributed by atoms with Crippen LogP contribution in [-0.2, 0) is 17.8 Å². The summed E-state index contributed by atoms with van der Waals surface area (Å²) in [5, 5.41) is 8.05. The molecule has 4 rings (SSSR count). The summed E-state index contributed by atoms with van der Waals surface area (Å²) in [5.74, 6) is 1.51. The number of rotatable bonds is 8. The van der Waals surface area contributed by atoms with Crippen LogP contribution >= 0.6 is 11.8 Å². The third-order valence-electron chi connectivity index (χ3n) is 5.51. The first-order valence-corrected chi connectivity index (χ1v) is 11.7. The van der Waals surface area contributed by atoms with E-state index < -0.39 is 0 Å². The van der Waals surface area contributed by atoms with Gasteiger partial charge in [-0.1, -0.05) is 53.7 Å². The summed E-state index contributed by atoms with van der Waals surface area (Å²) in [6.07, 6.45) is 0.789. The van der Waals surface area contributed by atoms with E-state index >= 15 is 0 Å². The van der Waals surface area contributed by atoms with Gasteiger partial charge in [0.1, 0.15) is 5.75 Å². The third-order valence-corrected chi connectivity index (χ3v) is 6.35. The van der Waals surface area contributed by atoms with Crippen LogP contribution < -0.4 is 10.1 Å². The van der Waals surface area contributed by atoms with Crippen LogP contribution in [0, 0.1) is 20.8 Å². The predicted octanol–water partition coefficient (Wildman–Crippen LogP) is 4.06. The number of nitrogens with zero attached hydrogens (tertiary/aromatic N) is 4. The molecule has 4 aromatic rings. The molecule has 170 valence electrons. The zero-order chi connectivity index (χ0) is 23.4. The average Bonchev–Trinajstić information content (AvgIpc) is 3.23. The molecule has 0 fully saturated rings. The molecule has 33 heavy (non-hydrogen) atoms. The molecule has 8 heteroatoms. The molecule has 2 heterocycles. The lowest BCUT2D eigenvalue weighted by atomic mass is 10.0. The number of ether oxygens (including phenoxy) is 1. The van der Waals surface area contributed by atoms with E-state index in [0.717, 1.165) is 34.7 Å². The quantitative estimate of drug-likeness (QED) is 0.399. The monoisotopic (exact) mass is 461 g/mol. The van der Waals surface area contributed by atoms with Crippen LogP contribution in [0.2, 0.25) is 0 Å². The largest absolute Gasteiger partial charge is 0.497 e. The molecule has 0 unspecified atom stereocenters. The summed E-state index contributed by atoms with van der Waals surface area (Å²) in [7, 11) is 1.63. The van der Waals surface area contributed by atoms with Gasteiger partial charge in [0.25, 0.3) is 5.78 Å². The van der Waals surface area contributed by atoms with Gasteiger partial charge >= 0.3 is 0 Å². The van der Waals surface area contributed by atoms with E-state index in [2.05, 4.69) is 51.6 Å². The summed E-state index contributed by atoms with van der Waals surface area (Å²) in [5.41, 5.74) is 6.59. The minimum atomic E-state index is -0.0735. The summed E-state index contributed by atoms with van der Waals surface area (Å²) in [6, 6.07) is 16.1. The molecular formula is C25H27N5O2S. The van der Waals surface area contributed by atoms with Gasteiger partial charge in [0.05, 0.1) is 12.9 Å². The molecule has 0 aliphatic carbocycles. The molecule has 2 aromatic carbocycles. The van der Waals surface area contributed by atoms with Crippen LogP contribution in [0.1, 0.15) is 33.6 Å². The summed E-state index contributed by atoms with van der Waals surface area (Å²) < 4.78 is 6.92. The van der Waals surface area contributed by atoms with E-state index in [4.69, 9.17) is 4.74 Å². The van der Waals surface area contributed by atoms with E-state index in [1.54, 1.807) is 11.6 Å². The highest BCUT2D eigenvalue weighted by atomic mass is 32.2. The van der Waals surface area contributed by atoms with Crippen molar-refractivity contribution in [2.45, 2.75) is 38.9 Å². The lowest BCUT2D eigenvalue weighted by molar-refractivity contribution is -0.118. The Bertz CT molecular complexity index is 1270. The van der Waals surface area contributed by atoms with Crippen molar-refractivity contribution in [3.63, 3.8) is 0 Å². The molecule has 0 spiro atoms. The van der Waals surface area contributed by atoms with Crippen LogP contribution in [0.3, 0.4) is 0 Å². The Balaban J connectivity index is 1.40. The third kappa shape index (κ3) is 5.51. The predicted molar refractivity (Wildman–Crippen MR) is 130 cm³/mol. The Morgan fingerprint density at radius 2 is 1.70 bits per heavy atom. The lowest BCUT2D eigenvalue weighted by Crippen LogP contribution is -2.24. The van der Waals surface area contributed by atoms with E-state index in [0.29, 0.717) is 17.5 Å². The highest BCUT2D eigenvalue weighted by molar-refractivity contribution is 7.99. The molecule has 0 aliphatic rings. The van der Waals surface area contributed by atoms with Gasteiger partial charge in [-0.3, -0.25) is 4.79 Å². The number of aryl methyl sites for hydroxylation is 3. The number of aromatic nitrogens is 4. The number of thioether (sulfide) groups is 1. The molecule has 1 amide bonds. The Kier molecular flexibility index (Phi) is 6.93. The van der Waals surface area contributed by atoms with Gasteiger partial charge in [-0.05, 0) is 49.6 Å². The summed E-state index contributed by atoms with van der Waals surface area (Å²) in [4.78, 5) is 21.5. The number of amides is 1. The molecule has 1 N–H and O–H groups in total. The Morgan fingerprint density at radius 3 is 2.39 bits per heavy atom. The second kappa shape index (κ2) is 10.0. The smallest absolute Gasteiger partial charge is 0.253 e. The lowest BCUT2D eigenvalue weighted by Gasteiger charge is -2.10. The molecule has 2 aromatic heterocycles. The van der Waals surface area contributed by atoms with Gasteiger partial charge in [0, 0.05) is 24.4 Å². The van der Waals surface area contributed by atoms with Crippen LogP contribution in [0.5, 0.6) is 5.75 Å². The van der Waals surface area contributed by atoms with Crippen molar-refractivity contribution < 1.29 is 9.53 Å². The maximum atomic E-state index is 12.3. The topological polar surface area (TPSA) is 81.4 Å². The Labute approximate surface area is 197 Å². The fraction of sp³-hybridized carbons (Fsp3) is 0.280. The van der Waals surface area contributed by atoms with Gasteiger partial charge in [-0.25, -0.2) is 9.50 Å². The number of benzene rings is 2. The molecule has 0 aliphatic heterocycles. The van der Waals surface area contributed by atoms with Crippen molar-refractivity contribution >= 4 is 23.4 Å². The summed E-state index contributed by atoms with van der Waals surface area (Å²) in [6.45, 7) is 6.59. The number of nitrogens with one attached hydrogen (secondary N) is 1. The molecule has 0 saturated heterocycles. The van der Waals surface area contributed by atoms with E-state index in [9.17, 15) is 4.79 Å². The molecule has 0 bridgehead atoms. The minimum absolute atomic E-state index is 0.0735. The van der Waals surface area contributed by atoms with E-state index in [1.165, 1.54) is 22.9 Å². The first kappa shape index (κ1) is 22.8. The molecule has 7 nitrogen and oxygen atoms in total. The number of carbonyl (C=O) groups is 1. The van der Waals surface area contributed by atoms with Crippen molar-refractivity contribution in [3.05, 3.63) is 82.2 Å². The summed E-state index contributed by atoms with van der Waals surface area (Å²) >= 11 is 1.31. The van der Waals surface area contributed by atoms with Gasteiger partial charge in [0.2, 0.25) is 11.1 Å². The second-order valence-corrected chi connectivity index (χ2v) is 8.89. The van der Waals surface area contributed by atoms with Crippen LogP contribution in [0.15, 0.2) is 53.7 Å². The van der Waals surface area contributed by atoms with E-state index in [-0.39, 0.29) is 11.7 Å². The zero-order valence-electron chi connectivity index (χ0n) is 19.3. The van der Waals surface area contributed by atoms with Crippen molar-refractivity contribution in [1.29, 1.82) is 0 Å². The van der Waals surface area contributed by atoms with Crippen molar-refractivity contribution in [2.24, 2.45) is 0 Å². The SMILES string of the molecule is COc1ccc(CNC(=O)CSc2nc3nc(C)c(Cc4ccc(C)cc4)c(C)n3n2)cc1. The van der Waals surface area contributed by atoms with Gasteiger partial charge in [-0.2, -0.15) is 4.98 Å². The fourth-order valence-electron chi connectivity index (χ4n) is 3.54. The maximum Gasteiger partial charge on any atom is 0.253 e. The Hall–Kier alpha value is -3.39. The van der Waals surface area contributed by atoms with Crippen molar-refractivity contribution in [2.75, 3.05) is 12.9 Å². The average molecular weight is 462 g/mol. The van der Waals surface area contributed by atoms with Crippen molar-refractivity contribution in [3.8, 4) is 5.75 Å². The number of methoxy groups -OCH3 is 1. The number of hydrogen-bond donors (Lipinski definition) is 1. The standard InChI is InChI=1S/C25H27N5O2S/c1-16-5-7-19(8-6-16)13-22-17(2)27-24-28-25(29-30(24)18(22)3)33-15-23(31)26-14-20-9-11-21(32-4)12-10-20/h5-12H,13-15H2,1-4H3,(H,26,31). The van der Waals surface area contributed by atoms with Crippen LogP contribution in [0.25, 0.3) is 5.78 Å². The number of carbonyl (C=O) groups excluding carboxylic acids is 1. The normalized spacial score (nSPS) is 11.0. The number of fused-ring (bicyclic) bond motifs is 1. The van der Waals surface area contributed by atoms with Crippen molar-refractivity contribution in [1.82, 2.24) is 24.9 Å². The number of hydrogen-bond acceptors (Lipinski definition) is 6. The fourth-order valence-corrected chi connectivity index (χ4v) is 4.19.